The molecule has 2 N–H and O–H groups in total. The van der Waals surface area contributed by atoms with Gasteiger partial charge >= 0.3 is 6.18 Å². The van der Waals surface area contributed by atoms with Crippen molar-refractivity contribution in [2.24, 2.45) is 0 Å². The van der Waals surface area contributed by atoms with Gasteiger partial charge in [0.25, 0.3) is 5.91 Å². The third kappa shape index (κ3) is 5.44. The predicted molar refractivity (Wildman–Crippen MR) is 93.6 cm³/mol. The molecule has 0 radical (unpaired) electrons. The second-order valence-electron chi connectivity index (χ2n) is 6.48. The predicted octanol–water partition coefficient (Wildman–Crippen LogP) is 1.57. The summed E-state index contributed by atoms with van der Waals surface area (Å²) in [6, 6.07) is 4.14. The van der Waals surface area contributed by atoms with Crippen LogP contribution in [0.3, 0.4) is 0 Å². The maximum atomic E-state index is 12.5. The van der Waals surface area contributed by atoms with E-state index in [1.165, 1.54) is 35.4 Å². The molecule has 1 aromatic carbocycles. The Morgan fingerprint density at radius 3 is 2.41 bits per heavy atom. The number of hydrogen-bond acceptors (Lipinski definition) is 7. The molecule has 0 aliphatic carbocycles. The summed E-state index contributed by atoms with van der Waals surface area (Å²) in [7, 11) is -3.84. The monoisotopic (exact) mass is 436 g/mol. The number of rotatable bonds is 8. The van der Waals surface area contributed by atoms with E-state index in [1.807, 2.05) is 0 Å². The molecule has 9 nitrogen and oxygen atoms in total. The van der Waals surface area contributed by atoms with Crippen LogP contribution in [0.4, 0.5) is 13.2 Å². The summed E-state index contributed by atoms with van der Waals surface area (Å²) in [5.41, 5.74) is 0.902. The molecule has 0 saturated carbocycles. The number of aromatic nitrogens is 3. The number of halogens is 3. The molecule has 29 heavy (non-hydrogen) atoms. The quantitative estimate of drug-likeness (QED) is 0.476. The minimum absolute atomic E-state index is 0.00424. The van der Waals surface area contributed by atoms with Gasteiger partial charge in [0.1, 0.15) is 18.1 Å². The van der Waals surface area contributed by atoms with Gasteiger partial charge in [-0.1, -0.05) is 5.21 Å². The number of carbonyl (C=O) groups is 1. The Bertz CT molecular complexity index is 960. The van der Waals surface area contributed by atoms with Gasteiger partial charge in [-0.25, -0.2) is 13.9 Å². The number of ether oxygens (including phenoxy) is 1. The van der Waals surface area contributed by atoms with E-state index < -0.39 is 32.2 Å². The van der Waals surface area contributed by atoms with Gasteiger partial charge in [-0.3, -0.25) is 14.7 Å². The smallest absolute Gasteiger partial charge is 0.416 e. The largest absolute Gasteiger partial charge is 0.487 e. The number of carbonyl (C=O) groups excluding carboxylic acids is 1. The molecule has 1 aromatic heterocycles. The summed E-state index contributed by atoms with van der Waals surface area (Å²) >= 11 is 0. The number of aryl methyl sites for hydroxylation is 1. The molecule has 0 aliphatic rings. The van der Waals surface area contributed by atoms with E-state index in [2.05, 4.69) is 10.3 Å². The van der Waals surface area contributed by atoms with Crippen LogP contribution in [0.1, 0.15) is 24.6 Å². The average molecular weight is 436 g/mol. The van der Waals surface area contributed by atoms with Gasteiger partial charge in [-0.2, -0.15) is 13.2 Å². The number of sulfone groups is 1. The van der Waals surface area contributed by atoms with Gasteiger partial charge in [-0.05, 0) is 37.6 Å². The Kier molecular flexibility index (Phi) is 6.53. The highest BCUT2D eigenvalue weighted by molar-refractivity contribution is 7.92. The Morgan fingerprint density at radius 2 is 1.90 bits per heavy atom. The van der Waals surface area contributed by atoms with Crippen LogP contribution in [0.25, 0.3) is 0 Å². The number of alkyl halides is 3. The van der Waals surface area contributed by atoms with Gasteiger partial charge in [0.2, 0.25) is 0 Å². The first kappa shape index (κ1) is 22.6. The fourth-order valence-corrected chi connectivity index (χ4v) is 3.17. The lowest BCUT2D eigenvalue weighted by molar-refractivity contribution is -0.137. The van der Waals surface area contributed by atoms with Gasteiger partial charge in [-0.15, -0.1) is 5.10 Å². The van der Waals surface area contributed by atoms with E-state index >= 15 is 0 Å². The summed E-state index contributed by atoms with van der Waals surface area (Å²) in [4.78, 5) is 11.8. The van der Waals surface area contributed by atoms with Crippen molar-refractivity contribution in [1.82, 2.24) is 20.5 Å². The van der Waals surface area contributed by atoms with E-state index in [0.717, 1.165) is 18.4 Å². The molecular weight excluding hydrogens is 417 g/mol. The molecule has 0 saturated heterocycles. The average Bonchev–Trinajstić information content (AvgIpc) is 3.10. The SMILES string of the molecule is CC(CCn1cc(COc2ccc(C(F)(F)F)cc2)nn1)(C(=O)NO)S(C)(=O)=O. The Morgan fingerprint density at radius 1 is 1.28 bits per heavy atom. The lowest BCUT2D eigenvalue weighted by Gasteiger charge is -2.24. The highest BCUT2D eigenvalue weighted by atomic mass is 32.2. The topological polar surface area (TPSA) is 123 Å². The van der Waals surface area contributed by atoms with E-state index in [4.69, 9.17) is 9.94 Å². The van der Waals surface area contributed by atoms with Crippen LogP contribution in [-0.2, 0) is 34.0 Å². The zero-order valence-electron chi connectivity index (χ0n) is 15.5. The van der Waals surface area contributed by atoms with Crippen LogP contribution in [-0.4, -0.2) is 45.5 Å². The minimum Gasteiger partial charge on any atom is -0.487 e. The second kappa shape index (κ2) is 8.37. The molecule has 0 aliphatic heterocycles. The van der Waals surface area contributed by atoms with Gasteiger partial charge < -0.3 is 4.74 Å². The number of benzene rings is 1. The fraction of sp³-hybridized carbons (Fsp3) is 0.438. The van der Waals surface area contributed by atoms with Crippen molar-refractivity contribution in [2.75, 3.05) is 6.26 Å². The summed E-state index contributed by atoms with van der Waals surface area (Å²) in [5, 5.41) is 16.4. The first-order valence-corrected chi connectivity index (χ1v) is 10.1. The fourth-order valence-electron chi connectivity index (χ4n) is 2.32. The van der Waals surface area contributed by atoms with Crippen molar-refractivity contribution in [3.63, 3.8) is 0 Å². The number of nitrogens with zero attached hydrogens (tertiary/aromatic N) is 3. The Labute approximate surface area is 164 Å². The molecule has 13 heteroatoms. The minimum atomic E-state index is -4.44. The standard InChI is InChI=1S/C16H19F3N4O5S/c1-15(14(24)21-25,29(2,26)27)7-8-23-9-12(20-22-23)10-28-13-5-3-11(4-6-13)16(17,18)19/h3-6,9,25H,7-8,10H2,1-2H3,(H,21,24). The van der Waals surface area contributed by atoms with Crippen molar-refractivity contribution < 1.29 is 36.3 Å². The molecule has 1 atom stereocenters. The molecule has 2 rings (SSSR count). The summed E-state index contributed by atoms with van der Waals surface area (Å²) in [5.74, 6) is -0.859. The van der Waals surface area contributed by atoms with Crippen molar-refractivity contribution in [3.8, 4) is 5.75 Å². The number of hydrogen-bond donors (Lipinski definition) is 2. The molecule has 1 heterocycles. The summed E-state index contributed by atoms with van der Waals surface area (Å²) in [6.07, 6.45) is -2.29. The van der Waals surface area contributed by atoms with Crippen molar-refractivity contribution >= 4 is 15.7 Å². The molecule has 160 valence electrons. The van der Waals surface area contributed by atoms with E-state index in [-0.39, 0.29) is 25.3 Å². The third-order valence-electron chi connectivity index (χ3n) is 4.37. The van der Waals surface area contributed by atoms with E-state index in [1.54, 1.807) is 0 Å². The maximum Gasteiger partial charge on any atom is 0.416 e. The van der Waals surface area contributed by atoms with Crippen LogP contribution in [0.15, 0.2) is 30.5 Å². The molecule has 0 bridgehead atoms. The summed E-state index contributed by atoms with van der Waals surface area (Å²) < 4.78 is 66.2. The first-order chi connectivity index (χ1) is 13.4. The molecule has 1 amide bonds. The molecule has 0 spiro atoms. The zero-order chi connectivity index (χ0) is 21.9. The van der Waals surface area contributed by atoms with E-state index in [0.29, 0.717) is 5.69 Å². The van der Waals surface area contributed by atoms with Crippen LogP contribution in [0, 0.1) is 0 Å². The molecule has 0 fully saturated rings. The van der Waals surface area contributed by atoms with Crippen molar-refractivity contribution in [2.45, 2.75) is 37.4 Å². The molecule has 1 unspecified atom stereocenters. The number of hydroxylamine groups is 1. The first-order valence-electron chi connectivity index (χ1n) is 8.20. The van der Waals surface area contributed by atoms with Crippen LogP contribution < -0.4 is 10.2 Å². The van der Waals surface area contributed by atoms with Crippen molar-refractivity contribution in [3.05, 3.63) is 41.7 Å². The van der Waals surface area contributed by atoms with Crippen LogP contribution in [0.5, 0.6) is 5.75 Å². The van der Waals surface area contributed by atoms with Crippen LogP contribution in [0.2, 0.25) is 0 Å². The Balaban J connectivity index is 1.98. The normalized spacial score (nSPS) is 14.3. The summed E-state index contributed by atoms with van der Waals surface area (Å²) in [6.45, 7) is 1.11. The lowest BCUT2D eigenvalue weighted by atomic mass is 10.1. The van der Waals surface area contributed by atoms with Gasteiger partial charge in [0.05, 0.1) is 11.8 Å². The molecular formula is C16H19F3N4O5S. The van der Waals surface area contributed by atoms with Gasteiger partial charge in [0, 0.05) is 12.8 Å². The van der Waals surface area contributed by atoms with Gasteiger partial charge in [0.15, 0.2) is 14.6 Å². The second-order valence-corrected chi connectivity index (χ2v) is 8.92. The maximum absolute atomic E-state index is 12.5. The third-order valence-corrected chi connectivity index (χ3v) is 6.40. The van der Waals surface area contributed by atoms with E-state index in [9.17, 15) is 26.4 Å². The van der Waals surface area contributed by atoms with Crippen LogP contribution >= 0.6 is 0 Å². The zero-order valence-corrected chi connectivity index (χ0v) is 16.3. The number of nitrogens with one attached hydrogen (secondary N) is 1. The lowest BCUT2D eigenvalue weighted by Crippen LogP contribution is -2.49. The Hall–Kier alpha value is -2.67. The number of amides is 1. The highest BCUT2D eigenvalue weighted by Crippen LogP contribution is 2.30. The highest BCUT2D eigenvalue weighted by Gasteiger charge is 2.43. The molecule has 2 aromatic rings. The van der Waals surface area contributed by atoms with Crippen molar-refractivity contribution in [1.29, 1.82) is 0 Å².